The first-order valence-corrected chi connectivity index (χ1v) is 10.5. The predicted octanol–water partition coefficient (Wildman–Crippen LogP) is 8.66. The van der Waals surface area contributed by atoms with Crippen molar-refractivity contribution < 1.29 is 32.7 Å². The van der Waals surface area contributed by atoms with Crippen LogP contribution in [0.15, 0.2) is 35.5 Å². The van der Waals surface area contributed by atoms with Crippen molar-refractivity contribution in [2.24, 2.45) is 11.3 Å². The molecule has 0 nitrogen and oxygen atoms in total. The van der Waals surface area contributed by atoms with Crippen LogP contribution < -0.4 is 0 Å². The minimum atomic E-state index is 0. The van der Waals surface area contributed by atoms with Gasteiger partial charge in [-0.15, -0.1) is 6.58 Å². The van der Waals surface area contributed by atoms with E-state index < -0.39 is 0 Å². The van der Waals surface area contributed by atoms with E-state index in [0.717, 1.165) is 18.8 Å². The first-order chi connectivity index (χ1) is 11.9. The molecule has 0 bridgehead atoms. The van der Waals surface area contributed by atoms with Crippen LogP contribution in [0.2, 0.25) is 0 Å². The molecule has 0 aromatic carbocycles. The van der Waals surface area contributed by atoms with Crippen molar-refractivity contribution in [3.63, 3.8) is 0 Å². The fourth-order valence-electron chi connectivity index (χ4n) is 4.41. The second-order valence-corrected chi connectivity index (χ2v) is 7.59. The molecule has 26 heavy (non-hydrogen) atoms. The van der Waals surface area contributed by atoms with Crippen LogP contribution in [-0.2, 0) is 32.7 Å². The summed E-state index contributed by atoms with van der Waals surface area (Å²) >= 11 is 0. The summed E-state index contributed by atoms with van der Waals surface area (Å²) in [5, 5.41) is 0. The quantitative estimate of drug-likeness (QED) is 0.307. The van der Waals surface area contributed by atoms with Gasteiger partial charge in [0.2, 0.25) is 0 Å². The van der Waals surface area contributed by atoms with Gasteiger partial charge in [0.25, 0.3) is 0 Å². The molecule has 0 aliphatic heterocycles. The molecule has 0 amide bonds. The van der Waals surface area contributed by atoms with Crippen molar-refractivity contribution >= 4 is 0 Å². The Bertz CT molecular complexity index is 443. The minimum Gasteiger partial charge on any atom is -0.335 e. The molecular weight excluding hydrogens is 389 g/mol. The molecule has 0 aromatic rings. The Hall–Kier alpha value is 0.324. The summed E-state index contributed by atoms with van der Waals surface area (Å²) < 4.78 is 0. The fourth-order valence-corrected chi connectivity index (χ4v) is 4.41. The van der Waals surface area contributed by atoms with Crippen LogP contribution in [0.25, 0.3) is 0 Å². The third-order valence-corrected chi connectivity index (χ3v) is 5.91. The van der Waals surface area contributed by atoms with Gasteiger partial charge in [-0.1, -0.05) is 63.8 Å². The molecule has 2 unspecified atom stereocenters. The SMILES string of the molecule is C=CC/C(=C\C1=C(C)C2(C)CCC[C-](C)C2CC1)CC.CC.C[CH-]C.[Y]. The standard InChI is InChI=1S/C20H31.C3H7.C2H6.Y/c1-6-9-17(7-2)14-18-11-12-19-15(3)10-8-13-20(19,5)16(18)4;1-3-2;1-2;/h6,14,19H,1,7-13H2,2-5H3;3H,1-2H3;1-2H3;/q2*-1;;/b17-14-;;;. The Balaban J connectivity index is 0. The zero-order chi connectivity index (χ0) is 19.5. The van der Waals surface area contributed by atoms with Gasteiger partial charge in [-0.05, 0) is 43.6 Å². The molecule has 2 aliphatic rings. The summed E-state index contributed by atoms with van der Waals surface area (Å²) in [6, 6.07) is 0. The topological polar surface area (TPSA) is 0 Å². The average molecular weight is 434 g/mol. The van der Waals surface area contributed by atoms with Crippen LogP contribution in [0.4, 0.5) is 0 Å². The Kier molecular flexibility index (Phi) is 16.8. The van der Waals surface area contributed by atoms with Crippen LogP contribution in [0.1, 0.15) is 100 Å². The fraction of sp³-hybridized carbons (Fsp3) is 0.680. The maximum Gasteiger partial charge on any atom is 0 e. The summed E-state index contributed by atoms with van der Waals surface area (Å²) in [5.41, 5.74) is 5.26. The first-order valence-electron chi connectivity index (χ1n) is 10.5. The maximum absolute atomic E-state index is 3.89. The van der Waals surface area contributed by atoms with Gasteiger partial charge in [0.1, 0.15) is 0 Å². The summed E-state index contributed by atoms with van der Waals surface area (Å²) in [5.74, 6) is 2.58. The van der Waals surface area contributed by atoms with E-state index in [-0.39, 0.29) is 32.7 Å². The van der Waals surface area contributed by atoms with Gasteiger partial charge in [-0.2, -0.15) is 33.1 Å². The van der Waals surface area contributed by atoms with E-state index in [9.17, 15) is 0 Å². The van der Waals surface area contributed by atoms with E-state index in [1.54, 1.807) is 17.1 Å². The molecule has 1 heteroatoms. The monoisotopic (exact) mass is 433 g/mol. The molecule has 0 saturated heterocycles. The predicted molar refractivity (Wildman–Crippen MR) is 116 cm³/mol. The number of hydrogen-bond acceptors (Lipinski definition) is 0. The van der Waals surface area contributed by atoms with Gasteiger partial charge in [0.15, 0.2) is 0 Å². The summed E-state index contributed by atoms with van der Waals surface area (Å²) in [6.07, 6.45) is 15.4. The van der Waals surface area contributed by atoms with Crippen molar-refractivity contribution in [3.05, 3.63) is 47.8 Å². The molecule has 149 valence electrons. The molecule has 0 spiro atoms. The first kappa shape index (κ1) is 28.5. The summed E-state index contributed by atoms with van der Waals surface area (Å²) in [6.45, 7) is 21.5. The van der Waals surface area contributed by atoms with E-state index >= 15 is 0 Å². The Labute approximate surface area is 191 Å². The number of rotatable bonds is 4. The van der Waals surface area contributed by atoms with Crippen molar-refractivity contribution in [1.29, 1.82) is 0 Å². The van der Waals surface area contributed by atoms with Crippen LogP contribution in [0, 0.1) is 23.7 Å². The third-order valence-electron chi connectivity index (χ3n) is 5.91. The number of allylic oxidation sites excluding steroid dienone is 5. The number of fused-ring (bicyclic) bond motifs is 1. The molecule has 0 N–H and O–H groups in total. The smallest absolute Gasteiger partial charge is 0 e. The van der Waals surface area contributed by atoms with Crippen LogP contribution in [0.5, 0.6) is 0 Å². The maximum atomic E-state index is 3.89. The van der Waals surface area contributed by atoms with Gasteiger partial charge < -0.3 is 12.3 Å². The zero-order valence-electron chi connectivity index (χ0n) is 19.0. The Morgan fingerprint density at radius 3 is 2.42 bits per heavy atom. The molecule has 0 aromatic heterocycles. The van der Waals surface area contributed by atoms with Crippen LogP contribution in [0.3, 0.4) is 0 Å². The minimum absolute atomic E-state index is 0. The van der Waals surface area contributed by atoms with E-state index in [1.807, 2.05) is 40.2 Å². The van der Waals surface area contributed by atoms with Crippen molar-refractivity contribution in [3.8, 4) is 0 Å². The summed E-state index contributed by atoms with van der Waals surface area (Å²) in [4.78, 5) is 0. The largest absolute Gasteiger partial charge is 0.335 e. The molecule has 1 radical (unpaired) electrons. The second kappa shape index (κ2) is 15.3. The average Bonchev–Trinajstić information content (AvgIpc) is 2.60. The van der Waals surface area contributed by atoms with Gasteiger partial charge >= 0.3 is 0 Å². The van der Waals surface area contributed by atoms with Gasteiger partial charge in [0.05, 0.1) is 0 Å². The van der Waals surface area contributed by atoms with Crippen LogP contribution >= 0.6 is 0 Å². The number of hydrogen-bond donors (Lipinski definition) is 0. The zero-order valence-corrected chi connectivity index (χ0v) is 21.9. The van der Waals surface area contributed by atoms with Crippen LogP contribution in [-0.4, -0.2) is 0 Å². The second-order valence-electron chi connectivity index (χ2n) is 7.59. The van der Waals surface area contributed by atoms with E-state index in [0.29, 0.717) is 5.41 Å². The Morgan fingerprint density at radius 2 is 1.92 bits per heavy atom. The molecule has 1 fully saturated rings. The van der Waals surface area contributed by atoms with Crippen molar-refractivity contribution in [1.82, 2.24) is 0 Å². The van der Waals surface area contributed by atoms with Gasteiger partial charge in [-0.25, -0.2) is 0 Å². The van der Waals surface area contributed by atoms with E-state index in [4.69, 9.17) is 0 Å². The van der Waals surface area contributed by atoms with Gasteiger partial charge in [0, 0.05) is 32.7 Å². The summed E-state index contributed by atoms with van der Waals surface area (Å²) in [7, 11) is 0. The molecule has 0 heterocycles. The Morgan fingerprint density at radius 1 is 1.35 bits per heavy atom. The van der Waals surface area contributed by atoms with Gasteiger partial charge in [-0.3, -0.25) is 0 Å². The molecule has 1 saturated carbocycles. The molecular formula is C25H44Y-2. The normalized spacial score (nSPS) is 25.7. The van der Waals surface area contributed by atoms with Crippen molar-refractivity contribution in [2.45, 2.75) is 100 Å². The van der Waals surface area contributed by atoms with E-state index in [2.05, 4.69) is 40.3 Å². The molecule has 2 atom stereocenters. The molecule has 2 rings (SSSR count). The molecule has 2 aliphatic carbocycles. The van der Waals surface area contributed by atoms with Crippen molar-refractivity contribution in [2.75, 3.05) is 0 Å². The third kappa shape index (κ3) is 7.75. The van der Waals surface area contributed by atoms with E-state index in [1.165, 1.54) is 37.7 Å².